The number of methoxy groups -OCH3 is 1. The molecular weight excluding hydrogens is 540 g/mol. The van der Waals surface area contributed by atoms with Gasteiger partial charge in [0.15, 0.2) is 0 Å². The van der Waals surface area contributed by atoms with Gasteiger partial charge in [0.2, 0.25) is 11.8 Å². The standard InChI is InChI=1S/C29H42N8O5/c1-4-20-17-34(2)26-27(37(20)21-6-11-41-12-7-21)32-29(30,33-28(26)39)31-22-15-19-5-8-36(23(19)16-24(22)40-3)25(38)18-35-9-13-42-14-10-35/h5,8,15-16,20-21,31-32H,4,6-7,9-14,17-18,30H2,1-3H3,(H,33,39)/t20?,29-/m1/s1. The number of hydrogen-bond acceptors (Lipinski definition) is 11. The molecule has 5 N–H and O–H groups in total. The van der Waals surface area contributed by atoms with Gasteiger partial charge in [-0.1, -0.05) is 6.92 Å². The molecule has 0 saturated carbocycles. The van der Waals surface area contributed by atoms with E-state index in [4.69, 9.17) is 19.9 Å². The number of aromatic nitrogens is 1. The first kappa shape index (κ1) is 28.6. The molecule has 4 aliphatic rings. The first-order chi connectivity index (χ1) is 20.3. The van der Waals surface area contributed by atoms with Gasteiger partial charge in [-0.05, 0) is 31.4 Å². The summed E-state index contributed by atoms with van der Waals surface area (Å²) in [5.74, 6) is -0.554. The summed E-state index contributed by atoms with van der Waals surface area (Å²) in [5.41, 5.74) is 8.74. The van der Waals surface area contributed by atoms with Gasteiger partial charge in [0.1, 0.15) is 17.3 Å². The zero-order valence-electron chi connectivity index (χ0n) is 24.6. The van der Waals surface area contributed by atoms with Crippen LogP contribution in [0.15, 0.2) is 35.9 Å². The van der Waals surface area contributed by atoms with E-state index in [0.29, 0.717) is 50.1 Å². The lowest BCUT2D eigenvalue weighted by Crippen LogP contribution is -2.76. The van der Waals surface area contributed by atoms with Crippen LogP contribution < -0.4 is 26.4 Å². The van der Waals surface area contributed by atoms with Gasteiger partial charge >= 0.3 is 0 Å². The smallest absolute Gasteiger partial charge is 0.275 e. The van der Waals surface area contributed by atoms with Crippen LogP contribution in [0.5, 0.6) is 5.75 Å². The minimum absolute atomic E-state index is 0.0225. The van der Waals surface area contributed by atoms with Crippen LogP contribution in [0.4, 0.5) is 5.69 Å². The molecule has 1 amide bonds. The van der Waals surface area contributed by atoms with E-state index in [1.807, 2.05) is 30.1 Å². The zero-order chi connectivity index (χ0) is 29.4. The number of nitrogens with one attached hydrogen (secondary N) is 3. The highest BCUT2D eigenvalue weighted by molar-refractivity contribution is 5.97. The summed E-state index contributed by atoms with van der Waals surface area (Å²) in [7, 11) is 3.51. The van der Waals surface area contributed by atoms with Gasteiger partial charge in [0.05, 0.1) is 38.1 Å². The Morgan fingerprint density at radius 3 is 2.62 bits per heavy atom. The second-order valence-corrected chi connectivity index (χ2v) is 11.5. The van der Waals surface area contributed by atoms with Gasteiger partial charge in [0, 0.05) is 69.6 Å². The summed E-state index contributed by atoms with van der Waals surface area (Å²) in [6.45, 7) is 7.36. The highest BCUT2D eigenvalue weighted by Crippen LogP contribution is 2.35. The molecule has 1 unspecified atom stereocenters. The van der Waals surface area contributed by atoms with Gasteiger partial charge in [-0.2, -0.15) is 0 Å². The van der Waals surface area contributed by atoms with Gasteiger partial charge in [-0.25, -0.2) is 0 Å². The number of hydrogen-bond donors (Lipinski definition) is 4. The quantitative estimate of drug-likeness (QED) is 0.343. The molecule has 2 saturated heterocycles. The predicted molar refractivity (Wildman–Crippen MR) is 158 cm³/mol. The molecule has 6 rings (SSSR count). The van der Waals surface area contributed by atoms with Gasteiger partial charge in [-0.3, -0.25) is 30.1 Å². The molecule has 42 heavy (non-hydrogen) atoms. The van der Waals surface area contributed by atoms with Crippen molar-refractivity contribution in [3.05, 3.63) is 35.9 Å². The average molecular weight is 583 g/mol. The van der Waals surface area contributed by atoms with Crippen LogP contribution in [0.3, 0.4) is 0 Å². The van der Waals surface area contributed by atoms with E-state index in [0.717, 1.165) is 55.6 Å². The van der Waals surface area contributed by atoms with E-state index >= 15 is 0 Å². The van der Waals surface area contributed by atoms with Crippen molar-refractivity contribution in [1.82, 2.24) is 29.9 Å². The van der Waals surface area contributed by atoms with E-state index in [9.17, 15) is 9.59 Å². The Balaban J connectivity index is 1.28. The molecule has 13 heteroatoms. The highest BCUT2D eigenvalue weighted by atomic mass is 16.5. The van der Waals surface area contributed by atoms with E-state index in [1.165, 1.54) is 0 Å². The van der Waals surface area contributed by atoms with Gasteiger partial charge in [-0.15, -0.1) is 0 Å². The number of benzene rings is 1. The van der Waals surface area contributed by atoms with Crippen molar-refractivity contribution >= 4 is 28.4 Å². The van der Waals surface area contributed by atoms with Gasteiger partial charge in [0.25, 0.3) is 5.91 Å². The highest BCUT2D eigenvalue weighted by Gasteiger charge is 2.45. The molecule has 1 aromatic heterocycles. The molecule has 2 aromatic rings. The SMILES string of the molecule is CCC1CN(C)C2=C(N[C@@](N)(Nc3cc4ccn(C(=O)CN5CCOCC5)c4cc3OC)NC2=O)N1C1CCOCC1. The summed E-state index contributed by atoms with van der Waals surface area (Å²) in [5, 5.41) is 10.5. The van der Waals surface area contributed by atoms with Crippen molar-refractivity contribution in [2.24, 2.45) is 5.73 Å². The number of nitrogens with two attached hydrogens (primary N) is 1. The molecule has 228 valence electrons. The fraction of sp³-hybridized carbons (Fsp3) is 0.586. The Hall–Kier alpha value is -3.52. The summed E-state index contributed by atoms with van der Waals surface area (Å²) < 4.78 is 18.4. The lowest BCUT2D eigenvalue weighted by Gasteiger charge is -2.52. The molecule has 0 bridgehead atoms. The lowest BCUT2D eigenvalue weighted by molar-refractivity contribution is -0.123. The Kier molecular flexibility index (Phi) is 7.92. The predicted octanol–water partition coefficient (Wildman–Crippen LogP) is 0.698. The number of fused-ring (bicyclic) bond motifs is 1. The molecule has 2 atom stereocenters. The molecule has 5 heterocycles. The molecule has 13 nitrogen and oxygen atoms in total. The number of morpholine rings is 1. The number of carbonyl (C=O) groups excluding carboxylic acids is 2. The third-order valence-electron chi connectivity index (χ3n) is 8.71. The summed E-state index contributed by atoms with van der Waals surface area (Å²) in [6.07, 6.45) is 4.48. The van der Waals surface area contributed by atoms with Crippen LogP contribution in [-0.4, -0.2) is 116 Å². The number of carbonyl (C=O) groups is 2. The topological polar surface area (TPSA) is 139 Å². The van der Waals surface area contributed by atoms with Crippen molar-refractivity contribution in [3.63, 3.8) is 0 Å². The Morgan fingerprint density at radius 1 is 1.17 bits per heavy atom. The molecular formula is C29H42N8O5. The van der Waals surface area contributed by atoms with Crippen LogP contribution in [0.25, 0.3) is 10.9 Å². The maximum atomic E-state index is 13.6. The van der Waals surface area contributed by atoms with E-state index < -0.39 is 5.91 Å². The third kappa shape index (κ3) is 5.37. The fourth-order valence-electron chi connectivity index (χ4n) is 6.56. The number of ether oxygens (including phenoxy) is 3. The van der Waals surface area contributed by atoms with E-state index in [1.54, 1.807) is 17.9 Å². The first-order valence-corrected chi connectivity index (χ1v) is 14.8. The molecule has 0 aliphatic carbocycles. The Labute approximate surface area is 245 Å². The number of rotatable bonds is 7. The molecule has 4 aliphatic heterocycles. The number of likely N-dealkylation sites (N-methyl/N-ethyl adjacent to an activating group) is 1. The van der Waals surface area contributed by atoms with Crippen molar-refractivity contribution < 1.29 is 23.8 Å². The Bertz CT molecular complexity index is 1370. The van der Waals surface area contributed by atoms with Crippen LogP contribution in [0.2, 0.25) is 0 Å². The summed E-state index contributed by atoms with van der Waals surface area (Å²) in [4.78, 5) is 33.2. The van der Waals surface area contributed by atoms with Crippen LogP contribution >= 0.6 is 0 Å². The molecule has 1 aromatic carbocycles. The third-order valence-corrected chi connectivity index (χ3v) is 8.71. The molecule has 0 spiro atoms. The van der Waals surface area contributed by atoms with Crippen molar-refractivity contribution in [3.8, 4) is 5.75 Å². The fourth-order valence-corrected chi connectivity index (χ4v) is 6.56. The minimum atomic E-state index is -1.49. The van der Waals surface area contributed by atoms with Crippen LogP contribution in [-0.2, 0) is 14.3 Å². The molecule has 2 fully saturated rings. The number of anilines is 1. The van der Waals surface area contributed by atoms with E-state index in [2.05, 4.69) is 32.7 Å². The van der Waals surface area contributed by atoms with Crippen molar-refractivity contribution in [2.45, 2.75) is 44.2 Å². The van der Waals surface area contributed by atoms with Crippen LogP contribution in [0.1, 0.15) is 31.0 Å². The average Bonchev–Trinajstić information content (AvgIpc) is 3.39. The Morgan fingerprint density at radius 2 is 1.90 bits per heavy atom. The monoisotopic (exact) mass is 582 g/mol. The maximum Gasteiger partial charge on any atom is 0.275 e. The second kappa shape index (κ2) is 11.6. The zero-order valence-corrected chi connectivity index (χ0v) is 24.6. The van der Waals surface area contributed by atoms with E-state index in [-0.39, 0.29) is 23.9 Å². The minimum Gasteiger partial charge on any atom is -0.495 e. The van der Waals surface area contributed by atoms with Crippen molar-refractivity contribution in [1.29, 1.82) is 0 Å². The lowest BCUT2D eigenvalue weighted by atomic mass is 9.99. The number of amides is 1. The van der Waals surface area contributed by atoms with Crippen LogP contribution in [0, 0.1) is 0 Å². The first-order valence-electron chi connectivity index (χ1n) is 14.8. The second-order valence-electron chi connectivity index (χ2n) is 11.5. The van der Waals surface area contributed by atoms with Crippen molar-refractivity contribution in [2.75, 3.05) is 72.1 Å². The maximum absolute atomic E-state index is 13.6. The largest absolute Gasteiger partial charge is 0.495 e. The molecule has 0 radical (unpaired) electrons. The summed E-state index contributed by atoms with van der Waals surface area (Å²) in [6, 6.07) is 6.06. The number of nitrogens with zero attached hydrogens (tertiary/aromatic N) is 4. The normalized spacial score (nSPS) is 25.7. The summed E-state index contributed by atoms with van der Waals surface area (Å²) >= 11 is 0. The van der Waals surface area contributed by atoms with Gasteiger partial charge < -0.3 is 34.6 Å².